The van der Waals surface area contributed by atoms with Gasteiger partial charge in [0.2, 0.25) is 0 Å². The van der Waals surface area contributed by atoms with Crippen molar-refractivity contribution in [2.45, 2.75) is 39.7 Å². The zero-order chi connectivity index (χ0) is 18.8. The van der Waals surface area contributed by atoms with Gasteiger partial charge in [-0.1, -0.05) is 35.0 Å². The molecule has 1 aromatic rings. The molecule has 5 nitrogen and oxygen atoms in total. The minimum Gasteiger partial charge on any atom is -0.465 e. The van der Waals surface area contributed by atoms with E-state index in [1.165, 1.54) is 0 Å². The van der Waals surface area contributed by atoms with Gasteiger partial charge in [0, 0.05) is 21.9 Å². The van der Waals surface area contributed by atoms with Crippen molar-refractivity contribution in [1.82, 2.24) is 0 Å². The molecule has 0 aliphatic carbocycles. The van der Waals surface area contributed by atoms with E-state index in [2.05, 4.69) is 15.9 Å². The maximum Gasteiger partial charge on any atom is 0.321 e. The van der Waals surface area contributed by atoms with E-state index >= 15 is 0 Å². The molecule has 0 saturated carbocycles. The second-order valence-electron chi connectivity index (χ2n) is 6.67. The summed E-state index contributed by atoms with van der Waals surface area (Å²) in [7, 11) is 0. The van der Waals surface area contributed by atoms with E-state index < -0.39 is 35.3 Å². The highest BCUT2D eigenvalue weighted by Crippen LogP contribution is 2.44. The topological polar surface area (TPSA) is 69.7 Å². The van der Waals surface area contributed by atoms with Gasteiger partial charge in [0.05, 0.1) is 6.61 Å². The Hall–Kier alpha value is -1.69. The Morgan fingerprint density at radius 1 is 1.24 bits per heavy atom. The SMILES string of the molecule is CCOC(=O)C1C(=O)OC(C)(C)C1C(CC)C(=O)c1ccc(Br)cc1. The first kappa shape index (κ1) is 19.6. The number of cyclic esters (lactones) is 1. The summed E-state index contributed by atoms with van der Waals surface area (Å²) in [5.74, 6) is -3.49. The summed E-state index contributed by atoms with van der Waals surface area (Å²) in [5.41, 5.74) is -0.368. The van der Waals surface area contributed by atoms with E-state index in [4.69, 9.17) is 9.47 Å². The molecule has 0 radical (unpaired) electrons. The van der Waals surface area contributed by atoms with Crippen LogP contribution >= 0.6 is 15.9 Å². The molecule has 6 heteroatoms. The van der Waals surface area contributed by atoms with Crippen LogP contribution in [-0.4, -0.2) is 29.9 Å². The van der Waals surface area contributed by atoms with Crippen molar-refractivity contribution in [3.63, 3.8) is 0 Å². The molecule has 3 unspecified atom stereocenters. The van der Waals surface area contributed by atoms with Crippen LogP contribution in [0.3, 0.4) is 0 Å². The molecule has 1 fully saturated rings. The summed E-state index contributed by atoms with van der Waals surface area (Å²) in [4.78, 5) is 37.7. The number of hydrogen-bond donors (Lipinski definition) is 0. The fourth-order valence-corrected chi connectivity index (χ4v) is 3.83. The highest BCUT2D eigenvalue weighted by molar-refractivity contribution is 9.10. The summed E-state index contributed by atoms with van der Waals surface area (Å²) in [6.45, 7) is 7.22. The van der Waals surface area contributed by atoms with Crippen LogP contribution in [0.4, 0.5) is 0 Å². The molecular formula is C19H23BrO5. The first-order chi connectivity index (χ1) is 11.7. The molecule has 136 valence electrons. The van der Waals surface area contributed by atoms with E-state index in [0.29, 0.717) is 12.0 Å². The van der Waals surface area contributed by atoms with Crippen LogP contribution < -0.4 is 0 Å². The smallest absolute Gasteiger partial charge is 0.321 e. The normalized spacial score (nSPS) is 23.0. The van der Waals surface area contributed by atoms with Gasteiger partial charge in [0.25, 0.3) is 0 Å². The molecule has 0 aromatic heterocycles. The van der Waals surface area contributed by atoms with E-state index in [1.807, 2.05) is 6.92 Å². The third-order valence-electron chi connectivity index (χ3n) is 4.66. The first-order valence-electron chi connectivity index (χ1n) is 8.42. The molecule has 1 heterocycles. The molecule has 0 bridgehead atoms. The van der Waals surface area contributed by atoms with Gasteiger partial charge in [-0.2, -0.15) is 0 Å². The molecule has 25 heavy (non-hydrogen) atoms. The van der Waals surface area contributed by atoms with Crippen LogP contribution in [0.2, 0.25) is 0 Å². The van der Waals surface area contributed by atoms with Crippen LogP contribution in [0.1, 0.15) is 44.5 Å². The summed E-state index contributed by atoms with van der Waals surface area (Å²) in [5, 5.41) is 0. The van der Waals surface area contributed by atoms with Crippen LogP contribution in [0, 0.1) is 17.8 Å². The molecular weight excluding hydrogens is 388 g/mol. The van der Waals surface area contributed by atoms with Crippen molar-refractivity contribution < 1.29 is 23.9 Å². The minimum absolute atomic E-state index is 0.0966. The lowest BCUT2D eigenvalue weighted by molar-refractivity contribution is -0.157. The molecule has 3 atom stereocenters. The summed E-state index contributed by atoms with van der Waals surface area (Å²) in [6.07, 6.45) is 0.496. The standard InChI is InChI=1S/C19H23BrO5/c1-5-13(16(21)11-7-9-12(20)10-8-11)15-14(17(22)24-6-2)18(23)25-19(15,3)4/h7-10,13-15H,5-6H2,1-4H3. The number of hydrogen-bond acceptors (Lipinski definition) is 5. The van der Waals surface area contributed by atoms with Crippen LogP contribution in [0.5, 0.6) is 0 Å². The van der Waals surface area contributed by atoms with Gasteiger partial charge in [-0.3, -0.25) is 14.4 Å². The fourth-order valence-electron chi connectivity index (χ4n) is 3.56. The molecule has 0 N–H and O–H groups in total. The zero-order valence-corrected chi connectivity index (χ0v) is 16.5. The number of halogens is 1. The number of ether oxygens (including phenoxy) is 2. The van der Waals surface area contributed by atoms with E-state index in [-0.39, 0.29) is 12.4 Å². The molecule has 1 aliphatic heterocycles. The number of esters is 2. The van der Waals surface area contributed by atoms with Crippen molar-refractivity contribution in [2.75, 3.05) is 6.61 Å². The number of rotatable bonds is 6. The largest absolute Gasteiger partial charge is 0.465 e. The average Bonchev–Trinajstić information content (AvgIpc) is 2.78. The molecule has 1 aliphatic rings. The van der Waals surface area contributed by atoms with Gasteiger partial charge in [-0.05, 0) is 39.3 Å². The third kappa shape index (κ3) is 3.94. The first-order valence-corrected chi connectivity index (χ1v) is 9.21. The molecule has 1 aromatic carbocycles. The van der Waals surface area contributed by atoms with Crippen molar-refractivity contribution in [3.8, 4) is 0 Å². The lowest BCUT2D eigenvalue weighted by atomic mass is 9.70. The lowest BCUT2D eigenvalue weighted by Crippen LogP contribution is -2.42. The Bertz CT molecular complexity index is 665. The number of ketones is 1. The Kier molecular flexibility index (Phi) is 6.03. The second-order valence-corrected chi connectivity index (χ2v) is 7.58. The number of carbonyl (C=O) groups is 3. The summed E-state index contributed by atoms with van der Waals surface area (Å²) < 4.78 is 11.4. The zero-order valence-electron chi connectivity index (χ0n) is 14.9. The van der Waals surface area contributed by atoms with Gasteiger partial charge >= 0.3 is 11.9 Å². The average molecular weight is 411 g/mol. The van der Waals surface area contributed by atoms with Crippen molar-refractivity contribution in [2.24, 2.45) is 17.8 Å². The van der Waals surface area contributed by atoms with Gasteiger partial charge in [-0.25, -0.2) is 0 Å². The van der Waals surface area contributed by atoms with Gasteiger partial charge < -0.3 is 9.47 Å². The Labute approximate surface area is 156 Å². The second kappa shape index (κ2) is 7.68. The van der Waals surface area contributed by atoms with Gasteiger partial charge in [0.1, 0.15) is 5.60 Å². The third-order valence-corrected chi connectivity index (χ3v) is 5.19. The molecule has 0 amide bonds. The Morgan fingerprint density at radius 2 is 1.84 bits per heavy atom. The van der Waals surface area contributed by atoms with E-state index in [1.54, 1.807) is 45.0 Å². The lowest BCUT2D eigenvalue weighted by Gasteiger charge is -2.32. The highest BCUT2D eigenvalue weighted by Gasteiger charge is 2.58. The highest BCUT2D eigenvalue weighted by atomic mass is 79.9. The molecule has 2 rings (SSSR count). The van der Waals surface area contributed by atoms with E-state index in [9.17, 15) is 14.4 Å². The predicted molar refractivity (Wildman–Crippen MR) is 96.0 cm³/mol. The van der Waals surface area contributed by atoms with Crippen molar-refractivity contribution >= 4 is 33.7 Å². The van der Waals surface area contributed by atoms with Gasteiger partial charge in [0.15, 0.2) is 11.7 Å². The monoisotopic (exact) mass is 410 g/mol. The van der Waals surface area contributed by atoms with Crippen molar-refractivity contribution in [1.29, 1.82) is 0 Å². The van der Waals surface area contributed by atoms with Crippen LogP contribution in [0.25, 0.3) is 0 Å². The molecule has 1 saturated heterocycles. The number of carbonyl (C=O) groups excluding carboxylic acids is 3. The summed E-state index contributed by atoms with van der Waals surface area (Å²) >= 11 is 3.35. The van der Waals surface area contributed by atoms with Crippen LogP contribution in [-0.2, 0) is 19.1 Å². The fraction of sp³-hybridized carbons (Fsp3) is 0.526. The minimum atomic E-state index is -1.07. The molecule has 0 spiro atoms. The van der Waals surface area contributed by atoms with Crippen LogP contribution in [0.15, 0.2) is 28.7 Å². The quantitative estimate of drug-likeness (QED) is 0.405. The maximum atomic E-state index is 13.1. The Balaban J connectivity index is 2.40. The van der Waals surface area contributed by atoms with Crippen molar-refractivity contribution in [3.05, 3.63) is 34.3 Å². The maximum absolute atomic E-state index is 13.1. The number of benzene rings is 1. The summed E-state index contributed by atoms with van der Waals surface area (Å²) in [6, 6.07) is 7.06. The number of Topliss-reactive ketones (excluding diaryl/α,β-unsaturated/α-hetero) is 1. The van der Waals surface area contributed by atoms with Gasteiger partial charge in [-0.15, -0.1) is 0 Å². The predicted octanol–water partition coefficient (Wildman–Crippen LogP) is 3.79. The Morgan fingerprint density at radius 3 is 2.36 bits per heavy atom. The van der Waals surface area contributed by atoms with E-state index in [0.717, 1.165) is 4.47 Å².